The minimum Gasteiger partial charge on any atom is -0.467 e. The van der Waals surface area contributed by atoms with E-state index in [1.54, 1.807) is 0 Å². The first kappa shape index (κ1) is 15.2. The van der Waals surface area contributed by atoms with Crippen molar-refractivity contribution >= 4 is 11.9 Å². The summed E-state index contributed by atoms with van der Waals surface area (Å²) >= 11 is 0. The van der Waals surface area contributed by atoms with E-state index in [-0.39, 0.29) is 5.92 Å². The third-order valence-electron chi connectivity index (χ3n) is 4.13. The van der Waals surface area contributed by atoms with Crippen LogP contribution in [0.1, 0.15) is 17.0 Å². The van der Waals surface area contributed by atoms with Crippen LogP contribution in [0, 0.1) is 0 Å². The number of esters is 1. The molecule has 1 amide bonds. The molecule has 0 fully saturated rings. The molecule has 2 N–H and O–H groups in total. The van der Waals surface area contributed by atoms with Gasteiger partial charge in [-0.2, -0.15) is 0 Å². The smallest absolute Gasteiger partial charge is 0.329 e. The minimum atomic E-state index is -0.885. The fourth-order valence-electron chi connectivity index (χ4n) is 3.18. The lowest BCUT2D eigenvalue weighted by Crippen LogP contribution is -2.46. The molecule has 1 atom stereocenters. The van der Waals surface area contributed by atoms with Gasteiger partial charge in [0.15, 0.2) is 0 Å². The second-order valence-corrected chi connectivity index (χ2v) is 5.38. The molecule has 5 heteroatoms. The van der Waals surface area contributed by atoms with Gasteiger partial charge in [-0.25, -0.2) is 4.79 Å². The Hall–Kier alpha value is -2.66. The van der Waals surface area contributed by atoms with E-state index >= 15 is 0 Å². The summed E-state index contributed by atoms with van der Waals surface area (Å²) in [7, 11) is 1.28. The molecule has 0 saturated heterocycles. The van der Waals surface area contributed by atoms with E-state index in [1.807, 2.05) is 48.5 Å². The predicted octanol–water partition coefficient (Wildman–Crippen LogP) is 1.45. The lowest BCUT2D eigenvalue weighted by molar-refractivity contribution is -0.145. The predicted molar refractivity (Wildman–Crippen MR) is 84.8 cm³/mol. The van der Waals surface area contributed by atoms with Crippen molar-refractivity contribution in [3.05, 3.63) is 59.7 Å². The van der Waals surface area contributed by atoms with Gasteiger partial charge in [0.1, 0.15) is 12.6 Å². The van der Waals surface area contributed by atoms with E-state index in [9.17, 15) is 9.59 Å². The molecule has 1 aliphatic carbocycles. The van der Waals surface area contributed by atoms with Crippen molar-refractivity contribution in [1.82, 2.24) is 5.32 Å². The summed E-state index contributed by atoms with van der Waals surface area (Å²) in [6.45, 7) is -0.677. The molecule has 0 spiro atoms. The molecule has 2 aromatic carbocycles. The summed E-state index contributed by atoms with van der Waals surface area (Å²) < 4.78 is 4.86. The highest BCUT2D eigenvalue weighted by Gasteiger charge is 2.39. The number of aliphatic hydroxyl groups excluding tert-OH is 1. The topological polar surface area (TPSA) is 75.6 Å². The number of fused-ring (bicyclic) bond motifs is 3. The van der Waals surface area contributed by atoms with Crippen molar-refractivity contribution in [3.63, 3.8) is 0 Å². The van der Waals surface area contributed by atoms with Gasteiger partial charge in [-0.1, -0.05) is 48.5 Å². The summed E-state index contributed by atoms with van der Waals surface area (Å²) in [4.78, 5) is 23.9. The molecule has 118 valence electrons. The van der Waals surface area contributed by atoms with Crippen LogP contribution in [0.5, 0.6) is 0 Å². The zero-order valence-electron chi connectivity index (χ0n) is 12.7. The first-order valence-corrected chi connectivity index (χ1v) is 7.33. The largest absolute Gasteiger partial charge is 0.467 e. The third-order valence-corrected chi connectivity index (χ3v) is 4.13. The fraction of sp³-hybridized carbons (Fsp3) is 0.222. The number of ether oxygens (including phenoxy) is 1. The van der Waals surface area contributed by atoms with E-state index in [0.29, 0.717) is 0 Å². The van der Waals surface area contributed by atoms with E-state index in [2.05, 4.69) is 5.32 Å². The number of nitrogens with one attached hydrogen (secondary N) is 1. The van der Waals surface area contributed by atoms with Crippen LogP contribution in [-0.2, 0) is 14.3 Å². The molecule has 0 heterocycles. The van der Waals surface area contributed by atoms with Crippen LogP contribution in [0.2, 0.25) is 0 Å². The normalized spacial score (nSPS) is 13.8. The maximum atomic E-state index is 12.3. The lowest BCUT2D eigenvalue weighted by atomic mass is 9.89. The van der Waals surface area contributed by atoms with Gasteiger partial charge >= 0.3 is 5.97 Å². The SMILES string of the molecule is COC(=O)[C@H](NC(=O)CO)C1c2ccccc2-c2ccccc21. The highest BCUT2D eigenvalue weighted by molar-refractivity contribution is 5.89. The van der Waals surface area contributed by atoms with Crippen molar-refractivity contribution in [2.75, 3.05) is 13.7 Å². The maximum absolute atomic E-state index is 12.3. The summed E-state index contributed by atoms with van der Waals surface area (Å²) in [5, 5.41) is 11.6. The Labute approximate surface area is 133 Å². The van der Waals surface area contributed by atoms with Crippen LogP contribution in [0.15, 0.2) is 48.5 Å². The molecule has 1 aliphatic rings. The number of hydrogen-bond acceptors (Lipinski definition) is 4. The quantitative estimate of drug-likeness (QED) is 0.838. The van der Waals surface area contributed by atoms with Gasteiger partial charge in [-0.15, -0.1) is 0 Å². The average molecular weight is 311 g/mol. The third kappa shape index (κ3) is 2.59. The highest BCUT2D eigenvalue weighted by Crippen LogP contribution is 2.46. The monoisotopic (exact) mass is 311 g/mol. The number of carbonyl (C=O) groups is 2. The number of hydrogen-bond donors (Lipinski definition) is 2. The van der Waals surface area contributed by atoms with Gasteiger partial charge in [0.05, 0.1) is 7.11 Å². The summed E-state index contributed by atoms with van der Waals surface area (Å²) in [6.07, 6.45) is 0. The number of benzene rings is 2. The average Bonchev–Trinajstić information content (AvgIpc) is 2.93. The first-order valence-electron chi connectivity index (χ1n) is 7.33. The molecule has 0 aromatic heterocycles. The second kappa shape index (κ2) is 6.22. The molecule has 23 heavy (non-hydrogen) atoms. The van der Waals surface area contributed by atoms with Gasteiger partial charge in [0.25, 0.3) is 0 Å². The van der Waals surface area contributed by atoms with Crippen molar-refractivity contribution in [2.24, 2.45) is 0 Å². The minimum absolute atomic E-state index is 0.342. The second-order valence-electron chi connectivity index (χ2n) is 5.38. The van der Waals surface area contributed by atoms with Crippen LogP contribution in [0.25, 0.3) is 11.1 Å². The molecular formula is C18H17NO4. The number of methoxy groups -OCH3 is 1. The molecule has 0 aliphatic heterocycles. The first-order chi connectivity index (χ1) is 11.2. The molecule has 0 bridgehead atoms. The Morgan fingerprint density at radius 3 is 2.09 bits per heavy atom. The van der Waals surface area contributed by atoms with Crippen LogP contribution in [0.4, 0.5) is 0 Å². The standard InChI is InChI=1S/C18H17NO4/c1-23-18(22)17(19-15(21)10-20)16-13-8-4-2-6-11(13)12-7-3-5-9-14(12)16/h2-9,16-17,20H,10H2,1H3,(H,19,21)/t17-/m1/s1. The summed E-state index contributed by atoms with van der Waals surface area (Å²) in [5.41, 5.74) is 4.00. The van der Waals surface area contributed by atoms with E-state index < -0.39 is 24.5 Å². The van der Waals surface area contributed by atoms with Gasteiger partial charge in [0, 0.05) is 5.92 Å². The van der Waals surface area contributed by atoms with Crippen LogP contribution in [-0.4, -0.2) is 36.7 Å². The Morgan fingerprint density at radius 2 is 1.61 bits per heavy atom. The van der Waals surface area contributed by atoms with Crippen molar-refractivity contribution in [3.8, 4) is 11.1 Å². The Morgan fingerprint density at radius 1 is 1.09 bits per heavy atom. The van der Waals surface area contributed by atoms with Gasteiger partial charge < -0.3 is 15.2 Å². The summed E-state index contributed by atoms with van der Waals surface area (Å²) in [5.74, 6) is -1.49. The number of aliphatic hydroxyl groups is 1. The van der Waals surface area contributed by atoms with E-state index in [1.165, 1.54) is 7.11 Å². The zero-order valence-corrected chi connectivity index (χ0v) is 12.7. The molecule has 2 aromatic rings. The van der Waals surface area contributed by atoms with Crippen molar-refractivity contribution in [2.45, 2.75) is 12.0 Å². The highest BCUT2D eigenvalue weighted by atomic mass is 16.5. The molecule has 0 radical (unpaired) electrons. The van der Waals surface area contributed by atoms with Gasteiger partial charge in [0.2, 0.25) is 5.91 Å². The Bertz CT molecular complexity index is 711. The summed E-state index contributed by atoms with van der Waals surface area (Å²) in [6, 6.07) is 14.7. The van der Waals surface area contributed by atoms with Crippen LogP contribution >= 0.6 is 0 Å². The van der Waals surface area contributed by atoms with E-state index in [4.69, 9.17) is 9.84 Å². The molecular weight excluding hydrogens is 294 g/mol. The van der Waals surface area contributed by atoms with Gasteiger partial charge in [-0.3, -0.25) is 4.79 Å². The molecule has 0 unspecified atom stereocenters. The Kier molecular flexibility index (Phi) is 4.12. The fourth-order valence-corrected chi connectivity index (χ4v) is 3.18. The maximum Gasteiger partial charge on any atom is 0.329 e. The van der Waals surface area contributed by atoms with Crippen molar-refractivity contribution < 1.29 is 19.4 Å². The number of amides is 1. The Balaban J connectivity index is 2.12. The van der Waals surface area contributed by atoms with E-state index in [0.717, 1.165) is 22.3 Å². The molecule has 3 rings (SSSR count). The van der Waals surface area contributed by atoms with Crippen LogP contribution < -0.4 is 5.32 Å². The number of carbonyl (C=O) groups excluding carboxylic acids is 2. The van der Waals surface area contributed by atoms with Gasteiger partial charge in [-0.05, 0) is 22.3 Å². The number of rotatable bonds is 4. The van der Waals surface area contributed by atoms with Crippen LogP contribution in [0.3, 0.4) is 0 Å². The molecule has 0 saturated carbocycles. The zero-order chi connectivity index (χ0) is 16.4. The lowest BCUT2D eigenvalue weighted by Gasteiger charge is -2.24. The van der Waals surface area contributed by atoms with Crippen molar-refractivity contribution in [1.29, 1.82) is 0 Å². The molecule has 5 nitrogen and oxygen atoms in total.